The first-order chi connectivity index (χ1) is 10.2. The molecule has 6 heteroatoms. The highest BCUT2D eigenvalue weighted by atomic mass is 16.5. The number of aliphatic imine (C=N–C) groups is 1. The standard InChI is InChI=1S/C15H22BNO4/c1-3-4-9-20-13-7-5-12(6-8-13)10-14(15(18)19-2)17-11-21-16/h5-8,11,14H,3-4,9-10,16H2,1-2H3/t14-/m0/s1. The maximum atomic E-state index is 11.6. The lowest BCUT2D eigenvalue weighted by atomic mass is 10.1. The molecular formula is C15H22BNO4. The number of hydrogen-bond acceptors (Lipinski definition) is 5. The first-order valence-electron chi connectivity index (χ1n) is 7.05. The first-order valence-corrected chi connectivity index (χ1v) is 7.05. The lowest BCUT2D eigenvalue weighted by molar-refractivity contribution is -0.142. The zero-order chi connectivity index (χ0) is 15.5. The molecule has 0 radical (unpaired) electrons. The molecule has 114 valence electrons. The van der Waals surface area contributed by atoms with E-state index in [0.717, 1.165) is 30.8 Å². The molecule has 0 saturated heterocycles. The molecule has 0 aliphatic rings. The van der Waals surface area contributed by atoms with Crippen LogP contribution in [0.2, 0.25) is 0 Å². The number of nitrogens with zero attached hydrogens (tertiary/aromatic N) is 1. The van der Waals surface area contributed by atoms with Crippen LogP contribution in [-0.2, 0) is 20.6 Å². The van der Waals surface area contributed by atoms with Gasteiger partial charge in [-0.15, -0.1) is 0 Å². The predicted molar refractivity (Wildman–Crippen MR) is 84.5 cm³/mol. The lowest BCUT2D eigenvalue weighted by Gasteiger charge is -2.11. The second-order valence-electron chi connectivity index (χ2n) is 4.58. The smallest absolute Gasteiger partial charge is 0.331 e. The van der Waals surface area contributed by atoms with Gasteiger partial charge in [-0.1, -0.05) is 25.5 Å². The maximum absolute atomic E-state index is 11.6. The molecule has 1 aromatic rings. The van der Waals surface area contributed by atoms with E-state index in [2.05, 4.69) is 11.9 Å². The fourth-order valence-corrected chi connectivity index (χ4v) is 1.75. The van der Waals surface area contributed by atoms with E-state index in [4.69, 9.17) is 14.1 Å². The summed E-state index contributed by atoms with van der Waals surface area (Å²) in [6.07, 6.45) is 3.86. The Labute approximate surface area is 126 Å². The van der Waals surface area contributed by atoms with Gasteiger partial charge in [-0.05, 0) is 24.1 Å². The van der Waals surface area contributed by atoms with Crippen molar-refractivity contribution in [1.29, 1.82) is 0 Å². The topological polar surface area (TPSA) is 57.1 Å². The number of carbonyl (C=O) groups excluding carboxylic acids is 1. The van der Waals surface area contributed by atoms with Crippen molar-refractivity contribution >= 4 is 20.4 Å². The molecule has 0 saturated carbocycles. The molecule has 5 nitrogen and oxygen atoms in total. The number of methoxy groups -OCH3 is 1. The summed E-state index contributed by atoms with van der Waals surface area (Å²) in [5.41, 5.74) is 0.987. The van der Waals surface area contributed by atoms with Crippen LogP contribution in [0.5, 0.6) is 5.75 Å². The molecular weight excluding hydrogens is 269 g/mol. The van der Waals surface area contributed by atoms with Crippen molar-refractivity contribution in [1.82, 2.24) is 0 Å². The molecule has 1 atom stereocenters. The number of rotatable bonds is 9. The number of unbranched alkanes of at least 4 members (excludes halogenated alkanes) is 1. The van der Waals surface area contributed by atoms with Crippen molar-refractivity contribution < 1.29 is 18.9 Å². The van der Waals surface area contributed by atoms with Gasteiger partial charge >= 0.3 is 14.0 Å². The minimum absolute atomic E-state index is 0.383. The Morgan fingerprint density at radius 3 is 2.67 bits per heavy atom. The Morgan fingerprint density at radius 2 is 2.10 bits per heavy atom. The molecule has 1 rings (SSSR count). The number of carbonyl (C=O) groups is 1. The normalized spacial score (nSPS) is 12.1. The zero-order valence-corrected chi connectivity index (χ0v) is 12.9. The van der Waals surface area contributed by atoms with Gasteiger partial charge < -0.3 is 14.1 Å². The highest BCUT2D eigenvalue weighted by molar-refractivity contribution is 6.02. The van der Waals surface area contributed by atoms with Crippen molar-refractivity contribution in [3.8, 4) is 5.75 Å². The van der Waals surface area contributed by atoms with Crippen LogP contribution in [0.3, 0.4) is 0 Å². The number of esters is 1. The van der Waals surface area contributed by atoms with Gasteiger partial charge in [-0.25, -0.2) is 9.79 Å². The van der Waals surface area contributed by atoms with Gasteiger partial charge in [-0.3, -0.25) is 0 Å². The van der Waals surface area contributed by atoms with Crippen LogP contribution in [0.1, 0.15) is 25.3 Å². The highest BCUT2D eigenvalue weighted by Crippen LogP contribution is 2.15. The van der Waals surface area contributed by atoms with Crippen LogP contribution in [-0.4, -0.2) is 40.2 Å². The van der Waals surface area contributed by atoms with Crippen LogP contribution in [0.25, 0.3) is 0 Å². The summed E-state index contributed by atoms with van der Waals surface area (Å²) in [4.78, 5) is 15.7. The van der Waals surface area contributed by atoms with Crippen molar-refractivity contribution in [2.45, 2.75) is 32.2 Å². The van der Waals surface area contributed by atoms with Gasteiger partial charge in [0.25, 0.3) is 0 Å². The Balaban J connectivity index is 2.62. The second kappa shape index (κ2) is 9.85. The number of benzene rings is 1. The van der Waals surface area contributed by atoms with Gasteiger partial charge in [0.1, 0.15) is 5.75 Å². The van der Waals surface area contributed by atoms with E-state index < -0.39 is 6.04 Å². The molecule has 1 aromatic carbocycles. The molecule has 0 aliphatic carbocycles. The lowest BCUT2D eigenvalue weighted by Crippen LogP contribution is -2.23. The molecule has 0 amide bonds. The summed E-state index contributed by atoms with van der Waals surface area (Å²) >= 11 is 0. The van der Waals surface area contributed by atoms with E-state index in [9.17, 15) is 4.79 Å². The fourth-order valence-electron chi connectivity index (χ4n) is 1.75. The molecule has 0 aliphatic heterocycles. The number of ether oxygens (including phenoxy) is 2. The van der Waals surface area contributed by atoms with Crippen LogP contribution in [0.4, 0.5) is 0 Å². The van der Waals surface area contributed by atoms with Crippen molar-refractivity contribution in [2.24, 2.45) is 4.99 Å². The van der Waals surface area contributed by atoms with Gasteiger partial charge in [0.15, 0.2) is 12.4 Å². The summed E-state index contributed by atoms with van der Waals surface area (Å²) in [6.45, 7) is 2.85. The third kappa shape index (κ3) is 6.34. The van der Waals surface area contributed by atoms with Gasteiger partial charge in [0.05, 0.1) is 13.7 Å². The van der Waals surface area contributed by atoms with Crippen molar-refractivity contribution in [3.63, 3.8) is 0 Å². The minimum Gasteiger partial charge on any atom is -0.560 e. The zero-order valence-electron chi connectivity index (χ0n) is 12.9. The maximum Gasteiger partial charge on any atom is 0.331 e. The number of hydrogen-bond donors (Lipinski definition) is 0. The van der Waals surface area contributed by atoms with E-state index in [1.54, 1.807) is 0 Å². The van der Waals surface area contributed by atoms with Crippen LogP contribution >= 0.6 is 0 Å². The highest BCUT2D eigenvalue weighted by Gasteiger charge is 2.18. The van der Waals surface area contributed by atoms with Crippen molar-refractivity contribution in [3.05, 3.63) is 29.8 Å². The molecule has 0 heterocycles. The monoisotopic (exact) mass is 291 g/mol. The molecule has 0 spiro atoms. The largest absolute Gasteiger partial charge is 0.560 e. The summed E-state index contributed by atoms with van der Waals surface area (Å²) in [6, 6.07) is 7.07. The summed E-state index contributed by atoms with van der Waals surface area (Å²) < 4.78 is 15.1. The van der Waals surface area contributed by atoms with E-state index in [1.165, 1.54) is 21.6 Å². The third-order valence-electron chi connectivity index (χ3n) is 2.94. The average Bonchev–Trinajstić information content (AvgIpc) is 2.52. The van der Waals surface area contributed by atoms with Gasteiger partial charge in [0.2, 0.25) is 0 Å². The Morgan fingerprint density at radius 1 is 1.38 bits per heavy atom. The Bertz CT molecular complexity index is 447. The summed E-state index contributed by atoms with van der Waals surface area (Å²) in [5, 5.41) is 0. The SMILES string of the molecule is BOC=N[C@@H](Cc1ccc(OCCCC)cc1)C(=O)OC. The predicted octanol–water partition coefficient (Wildman–Crippen LogP) is 1.54. The van der Waals surface area contributed by atoms with E-state index >= 15 is 0 Å². The van der Waals surface area contributed by atoms with E-state index in [-0.39, 0.29) is 5.97 Å². The average molecular weight is 291 g/mol. The summed E-state index contributed by atoms with van der Waals surface area (Å²) in [5.74, 6) is 0.453. The molecule has 21 heavy (non-hydrogen) atoms. The minimum atomic E-state index is -0.596. The first kappa shape index (κ1) is 17.1. The van der Waals surface area contributed by atoms with Crippen LogP contribution in [0, 0.1) is 0 Å². The van der Waals surface area contributed by atoms with Crippen molar-refractivity contribution in [2.75, 3.05) is 13.7 Å². The van der Waals surface area contributed by atoms with E-state index in [1.807, 2.05) is 24.3 Å². The second-order valence-corrected chi connectivity index (χ2v) is 4.58. The molecule has 0 N–H and O–H groups in total. The molecule has 0 fully saturated rings. The fraction of sp³-hybridized carbons (Fsp3) is 0.467. The van der Waals surface area contributed by atoms with Gasteiger partial charge in [-0.2, -0.15) is 0 Å². The molecule has 0 aromatic heterocycles. The van der Waals surface area contributed by atoms with Gasteiger partial charge in [0, 0.05) is 6.42 Å². The van der Waals surface area contributed by atoms with Crippen LogP contribution in [0.15, 0.2) is 29.3 Å². The Kier molecular flexibility index (Phi) is 8.01. The Hall–Kier alpha value is -1.98. The van der Waals surface area contributed by atoms with E-state index in [0.29, 0.717) is 6.42 Å². The third-order valence-corrected chi connectivity index (χ3v) is 2.94. The van der Waals surface area contributed by atoms with Crippen LogP contribution < -0.4 is 4.74 Å². The quantitative estimate of drug-likeness (QED) is 0.228. The molecule has 0 unspecified atom stereocenters. The summed E-state index contributed by atoms with van der Waals surface area (Å²) in [7, 11) is 2.84. The molecule has 0 bridgehead atoms.